The number of carbonyl (C=O) groups is 1. The van der Waals surface area contributed by atoms with Gasteiger partial charge in [-0.2, -0.15) is 9.49 Å². The van der Waals surface area contributed by atoms with Crippen LogP contribution in [0.4, 0.5) is 15.0 Å². The minimum Gasteiger partial charge on any atom is -0.467 e. The zero-order valence-electron chi connectivity index (χ0n) is 23.4. The predicted molar refractivity (Wildman–Crippen MR) is 151 cm³/mol. The molecule has 3 atom stereocenters. The molecule has 3 aromatic heterocycles. The molecular formula is C29H33FN8O3. The maximum Gasteiger partial charge on any atom is 0.320 e. The summed E-state index contributed by atoms with van der Waals surface area (Å²) < 4.78 is 26.2. The van der Waals surface area contributed by atoms with Gasteiger partial charge in [-0.05, 0) is 56.6 Å². The first-order valence-corrected chi connectivity index (χ1v) is 13.3. The van der Waals surface area contributed by atoms with Crippen molar-refractivity contribution in [3.8, 4) is 23.0 Å². The van der Waals surface area contributed by atoms with Gasteiger partial charge in [-0.1, -0.05) is 18.2 Å². The highest BCUT2D eigenvalue weighted by Crippen LogP contribution is 2.37. The van der Waals surface area contributed by atoms with Gasteiger partial charge in [0.05, 0.1) is 24.9 Å². The second-order valence-corrected chi connectivity index (χ2v) is 9.93. The lowest BCUT2D eigenvalue weighted by Crippen LogP contribution is -2.41. The molecule has 1 aliphatic rings. The van der Waals surface area contributed by atoms with Crippen LogP contribution < -0.4 is 15.4 Å². The Bertz CT molecular complexity index is 1480. The van der Waals surface area contributed by atoms with Crippen LogP contribution in [0.5, 0.6) is 6.01 Å². The first-order chi connectivity index (χ1) is 19.9. The summed E-state index contributed by atoms with van der Waals surface area (Å²) in [7, 11) is 5.15. The molecule has 2 N–H and O–H groups in total. The molecule has 1 saturated heterocycles. The van der Waals surface area contributed by atoms with Gasteiger partial charge in [-0.3, -0.25) is 10.2 Å². The van der Waals surface area contributed by atoms with Crippen molar-refractivity contribution in [3.05, 3.63) is 78.1 Å². The second-order valence-electron chi connectivity index (χ2n) is 9.93. The maximum atomic E-state index is 14.1. The molecule has 0 spiro atoms. The summed E-state index contributed by atoms with van der Waals surface area (Å²) in [4.78, 5) is 27.9. The molecule has 0 radical (unpaired) electrons. The minimum atomic E-state index is -0.558. The van der Waals surface area contributed by atoms with E-state index in [-0.39, 0.29) is 24.1 Å². The normalized spacial score (nSPS) is 18.8. The molecule has 12 heteroatoms. The highest BCUT2D eigenvalue weighted by atomic mass is 19.1. The number of aromatic nitrogens is 5. The number of urea groups is 1. The van der Waals surface area contributed by atoms with Crippen molar-refractivity contribution in [3.63, 3.8) is 0 Å². The van der Waals surface area contributed by atoms with Crippen LogP contribution >= 0.6 is 0 Å². The molecule has 0 unspecified atom stereocenters. The third-order valence-electron chi connectivity index (χ3n) is 7.42. The van der Waals surface area contributed by atoms with E-state index in [0.717, 1.165) is 23.2 Å². The summed E-state index contributed by atoms with van der Waals surface area (Å²) in [5.74, 6) is -0.0508. The number of benzene rings is 1. The molecule has 214 valence electrons. The number of ether oxygens (including phenoxy) is 2. The number of hydrogen-bond acceptors (Lipinski definition) is 8. The first kappa shape index (κ1) is 28.1. The Labute approximate surface area is 237 Å². The largest absolute Gasteiger partial charge is 0.467 e. The van der Waals surface area contributed by atoms with Crippen LogP contribution in [-0.4, -0.2) is 75.6 Å². The Kier molecular flexibility index (Phi) is 8.50. The average molecular weight is 561 g/mol. The fourth-order valence-corrected chi connectivity index (χ4v) is 5.41. The second kappa shape index (κ2) is 12.4. The number of amides is 2. The van der Waals surface area contributed by atoms with Gasteiger partial charge in [0.15, 0.2) is 0 Å². The zero-order valence-corrected chi connectivity index (χ0v) is 23.4. The Morgan fingerprint density at radius 1 is 1.12 bits per heavy atom. The van der Waals surface area contributed by atoms with Gasteiger partial charge in [0, 0.05) is 49.5 Å². The van der Waals surface area contributed by atoms with Crippen molar-refractivity contribution in [2.45, 2.75) is 37.9 Å². The van der Waals surface area contributed by atoms with E-state index in [9.17, 15) is 9.18 Å². The number of pyridine rings is 1. The van der Waals surface area contributed by atoms with Gasteiger partial charge in [0.1, 0.15) is 11.5 Å². The fraction of sp³-hybridized carbons (Fsp3) is 0.345. The number of methoxy groups -OCH3 is 2. The van der Waals surface area contributed by atoms with Crippen LogP contribution in [-0.2, 0) is 4.74 Å². The number of anilines is 1. The van der Waals surface area contributed by atoms with E-state index in [1.165, 1.54) is 19.4 Å². The number of carbonyl (C=O) groups excluding carboxylic acids is 1. The SMILES string of the molecule is COCC[C@@H]1C[C@@H](NC(=O)Nc2c(C)c(-c3cnc(OC)nc3)nn2-c2ccccc2)[C@H](c2ccnc(F)c2)N1C. The lowest BCUT2D eigenvalue weighted by atomic mass is 10.0. The molecule has 4 aromatic rings. The monoisotopic (exact) mass is 560 g/mol. The van der Waals surface area contributed by atoms with E-state index in [0.29, 0.717) is 30.1 Å². The molecule has 1 aromatic carbocycles. The summed E-state index contributed by atoms with van der Waals surface area (Å²) in [5.41, 5.74) is 3.57. The number of likely N-dealkylation sites (N-methyl/N-ethyl adjacent to an activating group) is 1. The fourth-order valence-electron chi connectivity index (χ4n) is 5.41. The van der Waals surface area contributed by atoms with Gasteiger partial charge >= 0.3 is 12.0 Å². The van der Waals surface area contributed by atoms with E-state index in [1.54, 1.807) is 30.3 Å². The van der Waals surface area contributed by atoms with Crippen LogP contribution in [0.15, 0.2) is 61.1 Å². The molecule has 41 heavy (non-hydrogen) atoms. The van der Waals surface area contributed by atoms with Gasteiger partial charge in [-0.15, -0.1) is 0 Å². The van der Waals surface area contributed by atoms with Crippen LogP contribution in [0.1, 0.15) is 30.0 Å². The third-order valence-corrected chi connectivity index (χ3v) is 7.42. The van der Waals surface area contributed by atoms with E-state index in [2.05, 4.69) is 30.5 Å². The van der Waals surface area contributed by atoms with E-state index in [1.807, 2.05) is 44.3 Å². The lowest BCUT2D eigenvalue weighted by molar-refractivity contribution is 0.150. The number of halogens is 1. The zero-order chi connectivity index (χ0) is 28.9. The highest BCUT2D eigenvalue weighted by Gasteiger charge is 2.40. The minimum absolute atomic E-state index is 0.139. The van der Waals surface area contributed by atoms with Crippen molar-refractivity contribution < 1.29 is 18.7 Å². The molecule has 4 heterocycles. The molecule has 0 aliphatic carbocycles. The molecule has 1 fully saturated rings. The number of rotatable bonds is 9. The molecule has 5 rings (SSSR count). The van der Waals surface area contributed by atoms with Crippen molar-refractivity contribution in [1.82, 2.24) is 34.9 Å². The van der Waals surface area contributed by atoms with Gasteiger partial charge in [0.2, 0.25) is 5.95 Å². The Balaban J connectivity index is 1.44. The summed E-state index contributed by atoms with van der Waals surface area (Å²) in [6.45, 7) is 2.47. The number of nitrogens with zero attached hydrogens (tertiary/aromatic N) is 6. The quantitative estimate of drug-likeness (QED) is 0.293. The van der Waals surface area contributed by atoms with E-state index in [4.69, 9.17) is 14.6 Å². The predicted octanol–water partition coefficient (Wildman–Crippen LogP) is 4.15. The van der Waals surface area contributed by atoms with E-state index >= 15 is 0 Å². The molecule has 0 saturated carbocycles. The van der Waals surface area contributed by atoms with Gasteiger partial charge in [-0.25, -0.2) is 24.4 Å². The number of nitrogens with one attached hydrogen (secondary N) is 2. The maximum absolute atomic E-state index is 14.1. The van der Waals surface area contributed by atoms with Crippen LogP contribution in [0, 0.1) is 12.9 Å². The van der Waals surface area contributed by atoms with Crippen LogP contribution in [0.3, 0.4) is 0 Å². The topological polar surface area (TPSA) is 119 Å². The van der Waals surface area contributed by atoms with Gasteiger partial charge in [0.25, 0.3) is 0 Å². The summed E-state index contributed by atoms with van der Waals surface area (Å²) in [6.07, 6.45) is 6.17. The molecule has 2 amide bonds. The standard InChI is InChI=1S/C29H33FN8O3/c1-18-25(20-16-32-29(41-4)33-17-20)36-38(21-8-6-5-7-9-21)27(18)35-28(39)34-23-15-22(11-13-40-3)37(2)26(23)19-10-12-31-24(30)14-19/h5-10,12,14,16-17,22-23,26H,11,13,15H2,1-4H3,(H2,34,35,39)/t22-,23-,26+/m1/s1. The first-order valence-electron chi connectivity index (χ1n) is 13.3. The van der Waals surface area contributed by atoms with Gasteiger partial charge < -0.3 is 14.8 Å². The highest BCUT2D eigenvalue weighted by molar-refractivity contribution is 5.91. The third kappa shape index (κ3) is 6.03. The average Bonchev–Trinajstić information content (AvgIpc) is 3.47. The molecule has 0 bridgehead atoms. The van der Waals surface area contributed by atoms with Crippen LogP contribution in [0.2, 0.25) is 0 Å². The number of hydrogen-bond donors (Lipinski definition) is 2. The smallest absolute Gasteiger partial charge is 0.320 e. The van der Waals surface area contributed by atoms with Crippen molar-refractivity contribution >= 4 is 11.8 Å². The van der Waals surface area contributed by atoms with Crippen molar-refractivity contribution in [2.75, 3.05) is 33.2 Å². The number of para-hydroxylation sites is 1. The Morgan fingerprint density at radius 2 is 1.88 bits per heavy atom. The van der Waals surface area contributed by atoms with E-state index < -0.39 is 12.0 Å². The molecule has 11 nitrogen and oxygen atoms in total. The Hall–Kier alpha value is -4.42. The van der Waals surface area contributed by atoms with Crippen LogP contribution in [0.25, 0.3) is 16.9 Å². The van der Waals surface area contributed by atoms with Crippen molar-refractivity contribution in [2.24, 2.45) is 0 Å². The summed E-state index contributed by atoms with van der Waals surface area (Å²) >= 11 is 0. The summed E-state index contributed by atoms with van der Waals surface area (Å²) in [6, 6.07) is 12.2. The van der Waals surface area contributed by atoms with Crippen molar-refractivity contribution in [1.29, 1.82) is 0 Å². The Morgan fingerprint density at radius 3 is 2.56 bits per heavy atom. The molecule has 1 aliphatic heterocycles. The number of likely N-dealkylation sites (tertiary alicyclic amines) is 1. The molecular weight excluding hydrogens is 527 g/mol. The summed E-state index contributed by atoms with van der Waals surface area (Å²) in [5, 5.41) is 11.0. The lowest BCUT2D eigenvalue weighted by Gasteiger charge is -2.28.